The maximum atomic E-state index is 11.9. The predicted octanol–water partition coefficient (Wildman–Crippen LogP) is 3.46. The Morgan fingerprint density at radius 2 is 2.07 bits per heavy atom. The minimum atomic E-state index is -0.242. The van der Waals surface area contributed by atoms with Gasteiger partial charge >= 0.3 is 0 Å². The van der Waals surface area contributed by atoms with E-state index >= 15 is 0 Å². The maximum Gasteiger partial charge on any atom is 0.244 e. The van der Waals surface area contributed by atoms with E-state index < -0.39 is 0 Å². The average Bonchev–Trinajstić information content (AvgIpc) is 2.68. The number of rotatable bonds is 9. The smallest absolute Gasteiger partial charge is 0.244 e. The summed E-state index contributed by atoms with van der Waals surface area (Å²) in [6.07, 6.45) is 3.08. The number of carbonyl (C=O) groups is 1. The first-order chi connectivity index (χ1) is 13.1. The molecule has 2 aromatic carbocycles. The molecule has 0 fully saturated rings. The summed E-state index contributed by atoms with van der Waals surface area (Å²) in [5.74, 6) is 1.37. The molecule has 0 aliphatic rings. The molecule has 7 heteroatoms. The molecule has 0 aliphatic heterocycles. The van der Waals surface area contributed by atoms with Gasteiger partial charge in [0.05, 0.1) is 13.7 Å². The average molecular weight is 387 g/mol. The van der Waals surface area contributed by atoms with Crippen molar-refractivity contribution < 1.29 is 19.0 Å². The molecule has 6 nitrogen and oxygen atoms in total. The zero-order valence-corrected chi connectivity index (χ0v) is 15.5. The lowest BCUT2D eigenvalue weighted by molar-refractivity contribution is -0.116. The number of nitrogens with one attached hydrogen (secondary N) is 1. The molecule has 0 spiro atoms. The lowest BCUT2D eigenvalue weighted by Gasteiger charge is -2.09. The molecular weight excluding hydrogens is 368 g/mol. The van der Waals surface area contributed by atoms with Gasteiger partial charge in [0.25, 0.3) is 0 Å². The number of nitriles is 1. The van der Waals surface area contributed by atoms with Gasteiger partial charge in [-0.25, -0.2) is 0 Å². The Labute approximate surface area is 162 Å². The van der Waals surface area contributed by atoms with E-state index in [9.17, 15) is 4.79 Å². The van der Waals surface area contributed by atoms with Gasteiger partial charge in [-0.1, -0.05) is 23.7 Å². The van der Waals surface area contributed by atoms with E-state index in [0.29, 0.717) is 35.4 Å². The highest BCUT2D eigenvalue weighted by Crippen LogP contribution is 2.28. The maximum absolute atomic E-state index is 11.9. The second-order valence-corrected chi connectivity index (χ2v) is 5.72. The summed E-state index contributed by atoms with van der Waals surface area (Å²) in [6, 6.07) is 14.1. The van der Waals surface area contributed by atoms with Crippen molar-refractivity contribution >= 4 is 23.6 Å². The Bertz CT molecular complexity index is 846. The number of amides is 1. The Kier molecular flexibility index (Phi) is 8.01. The quantitative estimate of drug-likeness (QED) is 0.527. The summed E-state index contributed by atoms with van der Waals surface area (Å²) >= 11 is 5.87. The fourth-order valence-corrected chi connectivity index (χ4v) is 2.33. The zero-order valence-electron chi connectivity index (χ0n) is 14.8. The number of hydrogen-bond donors (Lipinski definition) is 1. The highest BCUT2D eigenvalue weighted by Gasteiger charge is 2.05. The van der Waals surface area contributed by atoms with Crippen molar-refractivity contribution in [3.05, 3.63) is 59.1 Å². The van der Waals surface area contributed by atoms with Crippen molar-refractivity contribution in [1.29, 1.82) is 5.26 Å². The van der Waals surface area contributed by atoms with E-state index in [1.54, 1.807) is 48.5 Å². The lowest BCUT2D eigenvalue weighted by Crippen LogP contribution is -2.26. The molecule has 0 radical (unpaired) electrons. The first-order valence-electron chi connectivity index (χ1n) is 8.14. The number of carbonyl (C=O) groups excluding carboxylic acids is 1. The third kappa shape index (κ3) is 6.92. The molecule has 0 atom stereocenters. The van der Waals surface area contributed by atoms with Crippen LogP contribution in [0.5, 0.6) is 17.2 Å². The van der Waals surface area contributed by atoms with Crippen LogP contribution in [-0.4, -0.2) is 32.8 Å². The van der Waals surface area contributed by atoms with Crippen LogP contribution in [0, 0.1) is 11.3 Å². The van der Waals surface area contributed by atoms with Gasteiger partial charge in [-0.3, -0.25) is 4.79 Å². The molecule has 0 unspecified atom stereocenters. The van der Waals surface area contributed by atoms with Gasteiger partial charge in [0, 0.05) is 11.1 Å². The molecule has 140 valence electrons. The normalized spacial score (nSPS) is 10.3. The van der Waals surface area contributed by atoms with Crippen LogP contribution in [0.2, 0.25) is 5.02 Å². The van der Waals surface area contributed by atoms with Gasteiger partial charge in [0.1, 0.15) is 18.4 Å². The van der Waals surface area contributed by atoms with Crippen molar-refractivity contribution in [2.75, 3.05) is 26.9 Å². The third-order valence-corrected chi connectivity index (χ3v) is 3.61. The number of hydrogen-bond acceptors (Lipinski definition) is 5. The fraction of sp³-hybridized carbons (Fsp3) is 0.200. The number of halogens is 1. The van der Waals surface area contributed by atoms with Gasteiger partial charge in [-0.05, 0) is 42.0 Å². The van der Waals surface area contributed by atoms with Crippen molar-refractivity contribution in [2.24, 2.45) is 0 Å². The van der Waals surface area contributed by atoms with Gasteiger partial charge in [-0.15, -0.1) is 0 Å². The van der Waals surface area contributed by atoms with Crippen molar-refractivity contribution in [1.82, 2.24) is 5.32 Å². The van der Waals surface area contributed by atoms with Crippen LogP contribution in [0.3, 0.4) is 0 Å². The third-order valence-electron chi connectivity index (χ3n) is 3.37. The van der Waals surface area contributed by atoms with Crippen LogP contribution in [0.4, 0.5) is 0 Å². The molecular formula is C20H19ClN2O4. The van der Waals surface area contributed by atoms with Crippen LogP contribution in [0.15, 0.2) is 48.5 Å². The first kappa shape index (κ1) is 20.1. The van der Waals surface area contributed by atoms with Crippen molar-refractivity contribution in [3.8, 4) is 23.3 Å². The molecule has 1 amide bonds. The minimum Gasteiger partial charge on any atom is -0.493 e. The number of nitrogens with zero attached hydrogens (tertiary/aromatic N) is 1. The molecule has 0 heterocycles. The summed E-state index contributed by atoms with van der Waals surface area (Å²) in [5, 5.41) is 11.9. The van der Waals surface area contributed by atoms with E-state index in [-0.39, 0.29) is 12.5 Å². The second-order valence-electron chi connectivity index (χ2n) is 5.29. The minimum absolute atomic E-state index is 0.0643. The molecule has 0 aromatic heterocycles. The van der Waals surface area contributed by atoms with Crippen LogP contribution in [-0.2, 0) is 4.79 Å². The highest BCUT2D eigenvalue weighted by molar-refractivity contribution is 6.30. The summed E-state index contributed by atoms with van der Waals surface area (Å²) < 4.78 is 16.0. The van der Waals surface area contributed by atoms with Crippen molar-refractivity contribution in [3.63, 3.8) is 0 Å². The lowest BCUT2D eigenvalue weighted by atomic mass is 10.2. The Balaban J connectivity index is 1.81. The molecule has 0 bridgehead atoms. The molecule has 0 saturated heterocycles. The van der Waals surface area contributed by atoms with E-state index in [4.69, 9.17) is 31.1 Å². The summed E-state index contributed by atoms with van der Waals surface area (Å²) in [4.78, 5) is 11.9. The molecule has 2 rings (SSSR count). The van der Waals surface area contributed by atoms with Crippen LogP contribution < -0.4 is 19.5 Å². The predicted molar refractivity (Wildman–Crippen MR) is 103 cm³/mol. The Morgan fingerprint density at radius 3 is 2.81 bits per heavy atom. The summed E-state index contributed by atoms with van der Waals surface area (Å²) in [6.45, 7) is 0.629. The van der Waals surface area contributed by atoms with E-state index in [0.717, 1.165) is 5.56 Å². The van der Waals surface area contributed by atoms with Gasteiger partial charge in [0.2, 0.25) is 5.91 Å². The topological polar surface area (TPSA) is 80.6 Å². The largest absolute Gasteiger partial charge is 0.493 e. The molecule has 1 N–H and O–H groups in total. The fourth-order valence-electron chi connectivity index (χ4n) is 2.15. The van der Waals surface area contributed by atoms with E-state index in [2.05, 4.69) is 5.32 Å². The summed E-state index contributed by atoms with van der Waals surface area (Å²) in [7, 11) is 1.51. The van der Waals surface area contributed by atoms with E-state index in [1.165, 1.54) is 13.2 Å². The monoisotopic (exact) mass is 386 g/mol. The molecule has 0 aliphatic carbocycles. The van der Waals surface area contributed by atoms with Crippen LogP contribution >= 0.6 is 11.6 Å². The number of benzene rings is 2. The standard InChI is InChI=1S/C20H19ClN2O4/c1-25-19-13-15(5-7-18(19)27-11-9-22)6-8-20(24)23-10-12-26-17-4-2-3-16(21)14-17/h2-8,13-14H,10-12H2,1H3,(H,23,24). The highest BCUT2D eigenvalue weighted by atomic mass is 35.5. The van der Waals surface area contributed by atoms with E-state index in [1.807, 2.05) is 6.07 Å². The molecule has 2 aromatic rings. The van der Waals surface area contributed by atoms with Gasteiger partial charge in [-0.2, -0.15) is 5.26 Å². The number of ether oxygens (including phenoxy) is 3. The SMILES string of the molecule is COc1cc(C=CC(=O)NCCOc2cccc(Cl)c2)ccc1OCC#N. The summed E-state index contributed by atoms with van der Waals surface area (Å²) in [5.41, 5.74) is 0.765. The van der Waals surface area contributed by atoms with Gasteiger partial charge < -0.3 is 19.5 Å². The Morgan fingerprint density at radius 1 is 1.22 bits per heavy atom. The Hall–Kier alpha value is -3.17. The van der Waals surface area contributed by atoms with Crippen LogP contribution in [0.25, 0.3) is 6.08 Å². The molecule has 27 heavy (non-hydrogen) atoms. The van der Waals surface area contributed by atoms with Gasteiger partial charge in [0.15, 0.2) is 18.1 Å². The second kappa shape index (κ2) is 10.7. The first-order valence-corrected chi connectivity index (χ1v) is 8.52. The number of methoxy groups -OCH3 is 1. The van der Waals surface area contributed by atoms with Crippen molar-refractivity contribution in [2.45, 2.75) is 0 Å². The van der Waals surface area contributed by atoms with Crippen LogP contribution in [0.1, 0.15) is 5.56 Å². The zero-order chi connectivity index (χ0) is 19.5. The molecule has 0 saturated carbocycles.